The molecule has 2 amide bonds. The van der Waals surface area contributed by atoms with Crippen molar-refractivity contribution in [1.82, 2.24) is 15.6 Å². The van der Waals surface area contributed by atoms with Gasteiger partial charge in [-0.25, -0.2) is 0 Å². The van der Waals surface area contributed by atoms with Crippen molar-refractivity contribution in [2.45, 2.75) is 6.54 Å². The highest BCUT2D eigenvalue weighted by molar-refractivity contribution is 5.95. The summed E-state index contributed by atoms with van der Waals surface area (Å²) in [7, 11) is 0. The van der Waals surface area contributed by atoms with E-state index in [1.54, 1.807) is 24.5 Å². The van der Waals surface area contributed by atoms with Gasteiger partial charge in [-0.1, -0.05) is 42.5 Å². The van der Waals surface area contributed by atoms with Crippen LogP contribution >= 0.6 is 0 Å². The maximum absolute atomic E-state index is 11.9. The van der Waals surface area contributed by atoms with E-state index >= 15 is 0 Å². The Kier molecular flexibility index (Phi) is 5.72. The first kappa shape index (κ1) is 17.4. The largest absolute Gasteiger partial charge is 0.350 e. The minimum Gasteiger partial charge on any atom is -0.350 e. The lowest BCUT2D eigenvalue weighted by Crippen LogP contribution is -2.35. The Bertz CT molecular complexity index is 936. The van der Waals surface area contributed by atoms with Crippen LogP contribution in [0.25, 0.3) is 16.8 Å². The van der Waals surface area contributed by atoms with Crippen molar-refractivity contribution in [2.24, 2.45) is 0 Å². The summed E-state index contributed by atoms with van der Waals surface area (Å²) in [4.78, 5) is 27.6. The van der Waals surface area contributed by atoms with Crippen LogP contribution in [0.3, 0.4) is 0 Å². The second-order valence-corrected chi connectivity index (χ2v) is 5.80. The zero-order valence-electron chi connectivity index (χ0n) is 14.2. The lowest BCUT2D eigenvalue weighted by atomic mass is 10.1. The Balaban J connectivity index is 1.46. The molecule has 0 saturated heterocycles. The maximum Gasteiger partial charge on any atom is 0.244 e. The monoisotopic (exact) mass is 345 g/mol. The van der Waals surface area contributed by atoms with Crippen LogP contribution in [0.4, 0.5) is 0 Å². The summed E-state index contributed by atoms with van der Waals surface area (Å²) >= 11 is 0. The molecule has 130 valence electrons. The van der Waals surface area contributed by atoms with Crippen LogP contribution in [-0.2, 0) is 16.1 Å². The molecule has 26 heavy (non-hydrogen) atoms. The number of aromatic nitrogens is 1. The molecule has 0 aliphatic rings. The fraction of sp³-hybridized carbons (Fsp3) is 0.0952. The predicted octanol–water partition coefficient (Wildman–Crippen LogP) is 2.68. The lowest BCUT2D eigenvalue weighted by molar-refractivity contribution is -0.124. The Labute approximate surface area is 151 Å². The summed E-state index contributed by atoms with van der Waals surface area (Å²) in [6, 6.07) is 17.7. The van der Waals surface area contributed by atoms with Gasteiger partial charge >= 0.3 is 0 Å². The Hall–Kier alpha value is -3.47. The molecule has 0 aliphatic carbocycles. The summed E-state index contributed by atoms with van der Waals surface area (Å²) < 4.78 is 0. The molecule has 0 saturated carbocycles. The van der Waals surface area contributed by atoms with Crippen molar-refractivity contribution in [2.75, 3.05) is 6.54 Å². The molecule has 2 N–H and O–H groups in total. The van der Waals surface area contributed by atoms with E-state index in [0.717, 1.165) is 21.9 Å². The third-order valence-electron chi connectivity index (χ3n) is 3.84. The predicted molar refractivity (Wildman–Crippen MR) is 102 cm³/mol. The van der Waals surface area contributed by atoms with Gasteiger partial charge in [0.1, 0.15) is 0 Å². The van der Waals surface area contributed by atoms with Gasteiger partial charge in [0.15, 0.2) is 0 Å². The third-order valence-corrected chi connectivity index (χ3v) is 3.84. The Morgan fingerprint density at radius 1 is 0.962 bits per heavy atom. The number of amides is 2. The van der Waals surface area contributed by atoms with E-state index in [1.807, 2.05) is 48.5 Å². The fourth-order valence-electron chi connectivity index (χ4n) is 2.48. The first-order valence-corrected chi connectivity index (χ1v) is 8.31. The Morgan fingerprint density at radius 3 is 2.62 bits per heavy atom. The average Bonchev–Trinajstić information content (AvgIpc) is 2.69. The topological polar surface area (TPSA) is 71.1 Å². The molecule has 3 aromatic rings. The molecule has 0 unspecified atom stereocenters. The highest BCUT2D eigenvalue weighted by Gasteiger charge is 2.03. The van der Waals surface area contributed by atoms with Crippen LogP contribution in [0.5, 0.6) is 0 Å². The molecule has 0 spiro atoms. The van der Waals surface area contributed by atoms with E-state index < -0.39 is 0 Å². The van der Waals surface area contributed by atoms with Gasteiger partial charge in [0, 0.05) is 25.0 Å². The number of rotatable bonds is 6. The van der Waals surface area contributed by atoms with Gasteiger partial charge < -0.3 is 10.6 Å². The molecule has 5 nitrogen and oxygen atoms in total. The molecule has 0 fully saturated rings. The zero-order chi connectivity index (χ0) is 18.2. The fourth-order valence-corrected chi connectivity index (χ4v) is 2.48. The summed E-state index contributed by atoms with van der Waals surface area (Å²) in [5.74, 6) is -0.559. The third kappa shape index (κ3) is 5.01. The molecular formula is C21H19N3O2. The van der Waals surface area contributed by atoms with Crippen LogP contribution in [-0.4, -0.2) is 23.3 Å². The van der Waals surface area contributed by atoms with Gasteiger partial charge in [0.25, 0.3) is 0 Å². The smallest absolute Gasteiger partial charge is 0.244 e. The first-order valence-electron chi connectivity index (χ1n) is 8.31. The number of nitrogens with one attached hydrogen (secondary N) is 2. The highest BCUT2D eigenvalue weighted by Crippen LogP contribution is 2.16. The number of carbonyl (C=O) groups excluding carboxylic acids is 2. The standard InChI is InChI=1S/C21H19N3O2/c25-20(24-15-21(26)23-14-17-4-3-11-22-13-17)10-8-16-7-9-18-5-1-2-6-19(18)12-16/h1-13H,14-15H2,(H,23,26)(H,24,25)/b10-8+. The summed E-state index contributed by atoms with van der Waals surface area (Å²) in [5, 5.41) is 7.57. The van der Waals surface area contributed by atoms with E-state index in [2.05, 4.69) is 15.6 Å². The van der Waals surface area contributed by atoms with Gasteiger partial charge in [-0.2, -0.15) is 0 Å². The first-order chi connectivity index (χ1) is 12.7. The van der Waals surface area contributed by atoms with E-state index in [0.29, 0.717) is 6.54 Å². The quantitative estimate of drug-likeness (QED) is 0.675. The molecule has 1 aromatic heterocycles. The van der Waals surface area contributed by atoms with Crippen molar-refractivity contribution >= 4 is 28.7 Å². The number of benzene rings is 2. The van der Waals surface area contributed by atoms with E-state index in [4.69, 9.17) is 0 Å². The maximum atomic E-state index is 11.9. The van der Waals surface area contributed by atoms with Gasteiger partial charge in [0.2, 0.25) is 11.8 Å². The summed E-state index contributed by atoms with van der Waals surface area (Å²) in [5.41, 5.74) is 1.84. The summed E-state index contributed by atoms with van der Waals surface area (Å²) in [6.45, 7) is 0.316. The number of carbonyl (C=O) groups is 2. The van der Waals surface area contributed by atoms with Crippen molar-refractivity contribution in [1.29, 1.82) is 0 Å². The number of hydrogen-bond acceptors (Lipinski definition) is 3. The number of nitrogens with zero attached hydrogens (tertiary/aromatic N) is 1. The minimum atomic E-state index is -0.310. The molecule has 1 heterocycles. The highest BCUT2D eigenvalue weighted by atomic mass is 16.2. The normalized spacial score (nSPS) is 10.8. The number of hydrogen-bond donors (Lipinski definition) is 2. The van der Waals surface area contributed by atoms with E-state index in [-0.39, 0.29) is 18.4 Å². The number of pyridine rings is 1. The van der Waals surface area contributed by atoms with Gasteiger partial charge in [0.05, 0.1) is 6.54 Å². The number of fused-ring (bicyclic) bond motifs is 1. The second-order valence-electron chi connectivity index (χ2n) is 5.80. The van der Waals surface area contributed by atoms with Crippen molar-refractivity contribution in [3.05, 3.63) is 84.2 Å². The van der Waals surface area contributed by atoms with Crippen LogP contribution in [0.2, 0.25) is 0 Å². The van der Waals surface area contributed by atoms with E-state index in [9.17, 15) is 9.59 Å². The van der Waals surface area contributed by atoms with Gasteiger partial charge in [-0.15, -0.1) is 0 Å². The van der Waals surface area contributed by atoms with Gasteiger partial charge in [-0.3, -0.25) is 14.6 Å². The molecule has 2 aromatic carbocycles. The molecule has 0 bridgehead atoms. The van der Waals surface area contributed by atoms with E-state index in [1.165, 1.54) is 6.08 Å². The second kappa shape index (κ2) is 8.58. The molecule has 5 heteroatoms. The minimum absolute atomic E-state index is 0.0683. The molecule has 3 rings (SSSR count). The Morgan fingerprint density at radius 2 is 1.81 bits per heavy atom. The van der Waals surface area contributed by atoms with Crippen molar-refractivity contribution in [3.8, 4) is 0 Å². The zero-order valence-corrected chi connectivity index (χ0v) is 14.2. The van der Waals surface area contributed by atoms with Crippen molar-refractivity contribution < 1.29 is 9.59 Å². The lowest BCUT2D eigenvalue weighted by Gasteiger charge is -2.05. The van der Waals surface area contributed by atoms with Crippen LogP contribution in [0.1, 0.15) is 11.1 Å². The van der Waals surface area contributed by atoms with Gasteiger partial charge in [-0.05, 0) is 40.1 Å². The average molecular weight is 345 g/mol. The molecule has 0 aliphatic heterocycles. The van der Waals surface area contributed by atoms with Crippen LogP contribution in [0, 0.1) is 0 Å². The van der Waals surface area contributed by atoms with Crippen LogP contribution in [0.15, 0.2) is 73.1 Å². The van der Waals surface area contributed by atoms with Crippen molar-refractivity contribution in [3.63, 3.8) is 0 Å². The molecule has 0 radical (unpaired) electrons. The molecule has 0 atom stereocenters. The summed E-state index contributed by atoms with van der Waals surface area (Å²) in [6.07, 6.45) is 6.52. The molecular weight excluding hydrogens is 326 g/mol. The van der Waals surface area contributed by atoms with Crippen LogP contribution < -0.4 is 10.6 Å². The SMILES string of the molecule is O=C(/C=C/c1ccc2ccccc2c1)NCC(=O)NCc1cccnc1.